The van der Waals surface area contributed by atoms with Gasteiger partial charge in [0, 0.05) is 22.6 Å². The maximum atomic E-state index is 6.61. The molecule has 2 heteroatoms. The van der Waals surface area contributed by atoms with Gasteiger partial charge in [0.15, 0.2) is 0 Å². The van der Waals surface area contributed by atoms with Gasteiger partial charge in [0.25, 0.3) is 0 Å². The van der Waals surface area contributed by atoms with Crippen molar-refractivity contribution in [1.82, 2.24) is 0 Å². The first-order valence-corrected chi connectivity index (χ1v) is 17.9. The van der Waals surface area contributed by atoms with E-state index in [4.69, 9.17) is 4.74 Å². The van der Waals surface area contributed by atoms with Crippen molar-refractivity contribution < 1.29 is 4.74 Å². The quantitative estimate of drug-likeness (QED) is 0.176. The van der Waals surface area contributed by atoms with E-state index in [0.717, 1.165) is 41.4 Å². The van der Waals surface area contributed by atoms with E-state index < -0.39 is 5.41 Å². The second kappa shape index (κ2) is 10.8. The molecule has 8 aromatic rings. The molecule has 0 bridgehead atoms. The topological polar surface area (TPSA) is 12.5 Å². The molecule has 8 aromatic carbocycles. The molecule has 240 valence electrons. The van der Waals surface area contributed by atoms with Crippen molar-refractivity contribution >= 4 is 49.4 Å². The number of ether oxygens (including phenoxy) is 1. The second-order valence-electron chi connectivity index (χ2n) is 13.9. The van der Waals surface area contributed by atoms with Crippen molar-refractivity contribution in [3.8, 4) is 16.9 Å². The van der Waals surface area contributed by atoms with Crippen molar-refractivity contribution in [2.45, 2.75) is 18.3 Å². The van der Waals surface area contributed by atoms with Crippen LogP contribution >= 0.6 is 0 Å². The fourth-order valence-corrected chi connectivity index (χ4v) is 9.34. The van der Waals surface area contributed by atoms with Gasteiger partial charge in [-0.15, -0.1) is 0 Å². The Morgan fingerprint density at radius 2 is 1.04 bits per heavy atom. The third kappa shape index (κ3) is 3.93. The number of benzene rings is 8. The molecule has 0 N–H and O–H groups in total. The Balaban J connectivity index is 1.17. The highest BCUT2D eigenvalue weighted by atomic mass is 16.5. The number of allylic oxidation sites excluding steroid dienone is 3. The molecule has 0 saturated heterocycles. The van der Waals surface area contributed by atoms with Crippen LogP contribution in [0.25, 0.3) is 43.4 Å². The summed E-state index contributed by atoms with van der Waals surface area (Å²) in [6.45, 7) is 0. The van der Waals surface area contributed by atoms with Gasteiger partial charge in [-0.2, -0.15) is 0 Å². The van der Waals surface area contributed by atoms with Gasteiger partial charge in [0.05, 0.1) is 5.41 Å². The van der Waals surface area contributed by atoms with Crippen molar-refractivity contribution in [2.75, 3.05) is 4.90 Å². The van der Waals surface area contributed by atoms with Crippen LogP contribution in [0.3, 0.4) is 0 Å². The highest BCUT2D eigenvalue weighted by Gasteiger charge is 2.52. The largest absolute Gasteiger partial charge is 0.457 e. The van der Waals surface area contributed by atoms with E-state index in [-0.39, 0.29) is 0 Å². The minimum Gasteiger partial charge on any atom is -0.457 e. The molecule has 51 heavy (non-hydrogen) atoms. The highest BCUT2D eigenvalue weighted by molar-refractivity contribution is 6.25. The lowest BCUT2D eigenvalue weighted by Gasteiger charge is -2.41. The van der Waals surface area contributed by atoms with Crippen LogP contribution in [0.15, 0.2) is 187 Å². The summed E-state index contributed by atoms with van der Waals surface area (Å²) in [6.07, 6.45) is 6.41. The monoisotopic (exact) mass is 651 g/mol. The predicted molar refractivity (Wildman–Crippen MR) is 211 cm³/mol. The van der Waals surface area contributed by atoms with Gasteiger partial charge < -0.3 is 9.64 Å². The molecular weight excluding hydrogens is 619 g/mol. The number of para-hydroxylation sites is 2. The number of hydrogen-bond donors (Lipinski definition) is 0. The van der Waals surface area contributed by atoms with E-state index in [9.17, 15) is 0 Å². The SMILES string of the molecule is C1=CC2=C(CC1)C1(c3ccccc3O2)c2ccccc2-c2cc(N(c3ccccc3)c3ccc4c5ccccc5c5ccccc5c4c3)ccc21. The average molecular weight is 652 g/mol. The molecule has 1 heterocycles. The molecule has 3 aliphatic rings. The zero-order valence-electron chi connectivity index (χ0n) is 28.0. The molecule has 2 aliphatic carbocycles. The third-order valence-electron chi connectivity index (χ3n) is 11.4. The summed E-state index contributed by atoms with van der Waals surface area (Å²) in [5, 5.41) is 7.67. The fraction of sp³-hybridized carbons (Fsp3) is 0.0612. The zero-order valence-corrected chi connectivity index (χ0v) is 28.0. The minimum absolute atomic E-state index is 0.403. The van der Waals surface area contributed by atoms with Crippen LogP contribution in [0.5, 0.6) is 5.75 Å². The molecule has 1 atom stereocenters. The Hall–Kier alpha value is -6.38. The van der Waals surface area contributed by atoms with Crippen molar-refractivity contribution in [1.29, 1.82) is 0 Å². The number of anilines is 3. The second-order valence-corrected chi connectivity index (χ2v) is 13.9. The summed E-state index contributed by atoms with van der Waals surface area (Å²) in [5.74, 6) is 1.94. The molecular formula is C49H33NO. The molecule has 1 aliphatic heterocycles. The fourth-order valence-electron chi connectivity index (χ4n) is 9.34. The number of nitrogens with zero attached hydrogens (tertiary/aromatic N) is 1. The molecule has 0 saturated carbocycles. The maximum absolute atomic E-state index is 6.61. The van der Waals surface area contributed by atoms with Crippen molar-refractivity contribution in [3.05, 3.63) is 204 Å². The van der Waals surface area contributed by atoms with Crippen LogP contribution in [0.2, 0.25) is 0 Å². The van der Waals surface area contributed by atoms with Gasteiger partial charge in [-0.3, -0.25) is 0 Å². The van der Waals surface area contributed by atoms with E-state index in [1.54, 1.807) is 0 Å². The Morgan fingerprint density at radius 1 is 0.451 bits per heavy atom. The van der Waals surface area contributed by atoms with Crippen LogP contribution in [-0.4, -0.2) is 0 Å². The zero-order chi connectivity index (χ0) is 33.5. The maximum Gasteiger partial charge on any atom is 0.132 e. The first kappa shape index (κ1) is 28.5. The Bertz CT molecular complexity index is 2760. The summed E-state index contributed by atoms with van der Waals surface area (Å²) in [7, 11) is 0. The smallest absolute Gasteiger partial charge is 0.132 e. The first-order valence-electron chi connectivity index (χ1n) is 17.9. The van der Waals surface area contributed by atoms with Crippen molar-refractivity contribution in [3.63, 3.8) is 0 Å². The summed E-state index contributed by atoms with van der Waals surface area (Å²) in [4.78, 5) is 2.42. The number of hydrogen-bond acceptors (Lipinski definition) is 2. The van der Waals surface area contributed by atoms with Gasteiger partial charge in [-0.05, 0) is 122 Å². The standard InChI is InChI=1S/C49H33NO/c1-2-14-32(15-3-1)50(33-26-28-39-37-18-5-4-16-35(37)36-17-6-7-19-38(36)41(39)30-33)34-27-29-44-42(31-34)40-20-8-9-21-43(40)49(44)45-22-10-12-24-47(45)51-48-25-13-11-23-46(48)49/h1-10,12-22,24-31H,11,23H2. The first-order chi connectivity index (χ1) is 25.3. The van der Waals surface area contributed by atoms with Crippen LogP contribution in [0, 0.1) is 0 Å². The molecule has 11 rings (SSSR count). The molecule has 1 unspecified atom stereocenters. The van der Waals surface area contributed by atoms with Gasteiger partial charge >= 0.3 is 0 Å². The normalized spacial score (nSPS) is 16.9. The number of rotatable bonds is 3. The summed E-state index contributed by atoms with van der Waals surface area (Å²) in [6, 6.07) is 60.2. The minimum atomic E-state index is -0.403. The molecule has 2 nitrogen and oxygen atoms in total. The van der Waals surface area contributed by atoms with Crippen LogP contribution in [-0.2, 0) is 5.41 Å². The molecule has 0 fully saturated rings. The van der Waals surface area contributed by atoms with Crippen LogP contribution in [0.1, 0.15) is 29.5 Å². The molecule has 0 aromatic heterocycles. The molecule has 1 spiro atoms. The lowest BCUT2D eigenvalue weighted by Crippen LogP contribution is -2.35. The van der Waals surface area contributed by atoms with Crippen molar-refractivity contribution in [2.24, 2.45) is 0 Å². The van der Waals surface area contributed by atoms with E-state index in [2.05, 4.69) is 181 Å². The summed E-state index contributed by atoms with van der Waals surface area (Å²) < 4.78 is 6.61. The highest BCUT2D eigenvalue weighted by Crippen LogP contribution is 2.62. The average Bonchev–Trinajstić information content (AvgIpc) is 3.49. The Kier molecular flexibility index (Phi) is 6.03. The Labute approximate surface area is 297 Å². The third-order valence-corrected chi connectivity index (χ3v) is 11.4. The van der Waals surface area contributed by atoms with Gasteiger partial charge in [0.2, 0.25) is 0 Å². The van der Waals surface area contributed by atoms with Crippen LogP contribution in [0.4, 0.5) is 17.1 Å². The van der Waals surface area contributed by atoms with Gasteiger partial charge in [-0.25, -0.2) is 0 Å². The van der Waals surface area contributed by atoms with E-state index in [1.165, 1.54) is 65.7 Å². The predicted octanol–water partition coefficient (Wildman–Crippen LogP) is 12.9. The summed E-state index contributed by atoms with van der Waals surface area (Å²) in [5.41, 5.74) is 10.8. The summed E-state index contributed by atoms with van der Waals surface area (Å²) >= 11 is 0. The van der Waals surface area contributed by atoms with Crippen LogP contribution < -0.4 is 9.64 Å². The molecule has 0 radical (unpaired) electrons. The van der Waals surface area contributed by atoms with E-state index >= 15 is 0 Å². The lowest BCUT2D eigenvalue weighted by atomic mass is 9.64. The number of fused-ring (bicyclic) bond motifs is 14. The van der Waals surface area contributed by atoms with Gasteiger partial charge in [0.1, 0.15) is 11.5 Å². The van der Waals surface area contributed by atoms with E-state index in [0.29, 0.717) is 0 Å². The molecule has 0 amide bonds. The Morgan fingerprint density at radius 3 is 1.82 bits per heavy atom. The van der Waals surface area contributed by atoms with Gasteiger partial charge in [-0.1, -0.05) is 127 Å². The lowest BCUT2D eigenvalue weighted by molar-refractivity contribution is 0.389. The van der Waals surface area contributed by atoms with E-state index in [1.807, 2.05) is 0 Å².